The van der Waals surface area contributed by atoms with Crippen LogP contribution in [0.1, 0.15) is 11.5 Å². The van der Waals surface area contributed by atoms with E-state index in [1.165, 1.54) is 6.07 Å². The summed E-state index contributed by atoms with van der Waals surface area (Å²) in [6.45, 7) is 2.38. The van der Waals surface area contributed by atoms with E-state index in [4.69, 9.17) is 4.42 Å². The molecule has 1 heterocycles. The van der Waals surface area contributed by atoms with Crippen LogP contribution < -0.4 is 5.32 Å². The van der Waals surface area contributed by atoms with Crippen molar-refractivity contribution in [1.29, 1.82) is 0 Å². The Kier molecular flexibility index (Phi) is 3.01. The van der Waals surface area contributed by atoms with Gasteiger partial charge in [-0.25, -0.2) is 9.37 Å². The van der Waals surface area contributed by atoms with Crippen LogP contribution in [-0.4, -0.2) is 12.0 Å². The highest BCUT2D eigenvalue weighted by Gasteiger charge is 2.10. The molecule has 2 rings (SSSR count). The molecule has 0 bridgehead atoms. The first-order valence-electron chi connectivity index (χ1n) is 5.06. The van der Waals surface area contributed by atoms with Crippen LogP contribution in [0.5, 0.6) is 0 Å². The van der Waals surface area contributed by atoms with Crippen molar-refractivity contribution >= 4 is 0 Å². The van der Waals surface area contributed by atoms with Gasteiger partial charge in [0.1, 0.15) is 5.82 Å². The number of oxazole rings is 1. The minimum absolute atomic E-state index is 0.285. The number of hydrogen-bond donors (Lipinski definition) is 1. The molecule has 0 amide bonds. The zero-order chi connectivity index (χ0) is 11.5. The Bertz CT molecular complexity index is 494. The Morgan fingerprint density at radius 1 is 1.44 bits per heavy atom. The van der Waals surface area contributed by atoms with E-state index in [0.717, 1.165) is 5.56 Å². The molecule has 1 aromatic heterocycles. The first-order chi connectivity index (χ1) is 7.70. The van der Waals surface area contributed by atoms with E-state index < -0.39 is 0 Å². The molecule has 0 aliphatic rings. The van der Waals surface area contributed by atoms with Crippen LogP contribution >= 0.6 is 0 Å². The second-order valence-corrected chi connectivity index (χ2v) is 3.63. The molecule has 16 heavy (non-hydrogen) atoms. The SMILES string of the molecule is CNCc1ncc(-c2ccc(C)cc2F)o1. The molecule has 0 fully saturated rings. The van der Waals surface area contributed by atoms with E-state index in [2.05, 4.69) is 10.3 Å². The monoisotopic (exact) mass is 220 g/mol. The topological polar surface area (TPSA) is 38.1 Å². The van der Waals surface area contributed by atoms with Gasteiger partial charge in [-0.05, 0) is 31.7 Å². The third kappa shape index (κ3) is 2.12. The van der Waals surface area contributed by atoms with E-state index in [0.29, 0.717) is 23.8 Å². The number of hydrogen-bond acceptors (Lipinski definition) is 3. The second kappa shape index (κ2) is 4.45. The molecular formula is C12H13FN2O. The van der Waals surface area contributed by atoms with Crippen molar-refractivity contribution < 1.29 is 8.81 Å². The smallest absolute Gasteiger partial charge is 0.208 e. The molecule has 0 saturated carbocycles. The average molecular weight is 220 g/mol. The molecule has 2 aromatic rings. The number of rotatable bonds is 3. The molecule has 0 unspecified atom stereocenters. The summed E-state index contributed by atoms with van der Waals surface area (Å²) < 4.78 is 19.0. The Morgan fingerprint density at radius 2 is 2.25 bits per heavy atom. The molecule has 84 valence electrons. The maximum Gasteiger partial charge on any atom is 0.208 e. The van der Waals surface area contributed by atoms with Gasteiger partial charge in [0.05, 0.1) is 18.3 Å². The fraction of sp³-hybridized carbons (Fsp3) is 0.250. The highest BCUT2D eigenvalue weighted by atomic mass is 19.1. The van der Waals surface area contributed by atoms with Gasteiger partial charge in [-0.2, -0.15) is 0 Å². The number of nitrogens with one attached hydrogen (secondary N) is 1. The standard InChI is InChI=1S/C12H13FN2O/c1-8-3-4-9(10(13)5-8)11-6-15-12(16-11)7-14-2/h3-6,14H,7H2,1-2H3. The van der Waals surface area contributed by atoms with E-state index in [9.17, 15) is 4.39 Å². The Morgan fingerprint density at radius 3 is 2.94 bits per heavy atom. The first kappa shape index (κ1) is 10.8. The van der Waals surface area contributed by atoms with Gasteiger partial charge in [0.15, 0.2) is 5.76 Å². The van der Waals surface area contributed by atoms with Crippen molar-refractivity contribution in [3.05, 3.63) is 41.7 Å². The molecule has 0 aliphatic carbocycles. The Hall–Kier alpha value is -1.68. The number of aromatic nitrogens is 1. The Balaban J connectivity index is 2.35. The van der Waals surface area contributed by atoms with Crippen LogP contribution in [-0.2, 0) is 6.54 Å². The third-order valence-corrected chi connectivity index (χ3v) is 2.27. The minimum atomic E-state index is -0.285. The summed E-state index contributed by atoms with van der Waals surface area (Å²) in [5.41, 5.74) is 1.33. The zero-order valence-corrected chi connectivity index (χ0v) is 9.25. The number of benzene rings is 1. The summed E-state index contributed by atoms with van der Waals surface area (Å²) in [5, 5.41) is 2.92. The maximum absolute atomic E-state index is 13.6. The summed E-state index contributed by atoms with van der Waals surface area (Å²) in [6, 6.07) is 5.03. The van der Waals surface area contributed by atoms with Crippen molar-refractivity contribution in [2.24, 2.45) is 0 Å². The Labute approximate surface area is 93.3 Å². The number of nitrogens with zero attached hydrogens (tertiary/aromatic N) is 1. The minimum Gasteiger partial charge on any atom is -0.439 e. The quantitative estimate of drug-likeness (QED) is 0.863. The lowest BCUT2D eigenvalue weighted by Crippen LogP contribution is -2.04. The maximum atomic E-state index is 13.6. The van der Waals surface area contributed by atoms with Crippen molar-refractivity contribution in [3.8, 4) is 11.3 Å². The molecule has 4 heteroatoms. The lowest BCUT2D eigenvalue weighted by atomic mass is 10.1. The van der Waals surface area contributed by atoms with Crippen LogP contribution in [0.25, 0.3) is 11.3 Å². The predicted octanol–water partition coefficient (Wildman–Crippen LogP) is 2.51. The molecule has 1 N–H and O–H groups in total. The zero-order valence-electron chi connectivity index (χ0n) is 9.25. The summed E-state index contributed by atoms with van der Waals surface area (Å²) in [5.74, 6) is 0.729. The van der Waals surface area contributed by atoms with Crippen LogP contribution in [0.4, 0.5) is 4.39 Å². The van der Waals surface area contributed by atoms with Gasteiger partial charge in [-0.15, -0.1) is 0 Å². The van der Waals surface area contributed by atoms with Crippen molar-refractivity contribution in [2.75, 3.05) is 7.05 Å². The molecule has 3 nitrogen and oxygen atoms in total. The predicted molar refractivity (Wildman–Crippen MR) is 59.4 cm³/mol. The van der Waals surface area contributed by atoms with Gasteiger partial charge in [-0.3, -0.25) is 0 Å². The summed E-state index contributed by atoms with van der Waals surface area (Å²) in [4.78, 5) is 4.05. The first-order valence-corrected chi connectivity index (χ1v) is 5.06. The number of halogens is 1. The lowest BCUT2D eigenvalue weighted by Gasteiger charge is -2.00. The molecule has 0 radical (unpaired) electrons. The molecular weight excluding hydrogens is 207 g/mol. The van der Waals surface area contributed by atoms with E-state index >= 15 is 0 Å². The van der Waals surface area contributed by atoms with E-state index in [1.54, 1.807) is 19.3 Å². The van der Waals surface area contributed by atoms with Gasteiger partial charge in [0, 0.05) is 0 Å². The largest absolute Gasteiger partial charge is 0.439 e. The van der Waals surface area contributed by atoms with Crippen LogP contribution in [0.2, 0.25) is 0 Å². The summed E-state index contributed by atoms with van der Waals surface area (Å²) in [6.07, 6.45) is 1.54. The molecule has 0 aliphatic heterocycles. The molecule has 0 atom stereocenters. The summed E-state index contributed by atoms with van der Waals surface area (Å²) >= 11 is 0. The molecule has 0 spiro atoms. The fourth-order valence-corrected chi connectivity index (χ4v) is 1.49. The van der Waals surface area contributed by atoms with E-state index in [1.807, 2.05) is 13.0 Å². The van der Waals surface area contributed by atoms with Crippen LogP contribution in [0.15, 0.2) is 28.8 Å². The van der Waals surface area contributed by atoms with Crippen molar-refractivity contribution in [1.82, 2.24) is 10.3 Å². The van der Waals surface area contributed by atoms with Crippen LogP contribution in [0.3, 0.4) is 0 Å². The van der Waals surface area contributed by atoms with Gasteiger partial charge in [-0.1, -0.05) is 6.07 Å². The fourth-order valence-electron chi connectivity index (χ4n) is 1.49. The van der Waals surface area contributed by atoms with Crippen LogP contribution in [0, 0.1) is 12.7 Å². The second-order valence-electron chi connectivity index (χ2n) is 3.63. The molecule has 0 saturated heterocycles. The normalized spacial score (nSPS) is 10.7. The highest BCUT2D eigenvalue weighted by molar-refractivity contribution is 5.57. The van der Waals surface area contributed by atoms with Gasteiger partial charge < -0.3 is 9.73 Å². The highest BCUT2D eigenvalue weighted by Crippen LogP contribution is 2.24. The van der Waals surface area contributed by atoms with Gasteiger partial charge >= 0.3 is 0 Å². The van der Waals surface area contributed by atoms with E-state index in [-0.39, 0.29) is 5.82 Å². The summed E-state index contributed by atoms with van der Waals surface area (Å²) in [7, 11) is 1.80. The van der Waals surface area contributed by atoms with Gasteiger partial charge in [0.25, 0.3) is 0 Å². The lowest BCUT2D eigenvalue weighted by molar-refractivity contribution is 0.487. The average Bonchev–Trinajstić information content (AvgIpc) is 2.67. The third-order valence-electron chi connectivity index (χ3n) is 2.27. The number of aryl methyl sites for hydroxylation is 1. The van der Waals surface area contributed by atoms with Gasteiger partial charge in [0.2, 0.25) is 5.89 Å². The molecule has 1 aromatic carbocycles. The van der Waals surface area contributed by atoms with Crippen molar-refractivity contribution in [2.45, 2.75) is 13.5 Å². The van der Waals surface area contributed by atoms with Crippen molar-refractivity contribution in [3.63, 3.8) is 0 Å².